The van der Waals surface area contributed by atoms with Gasteiger partial charge in [-0.1, -0.05) is 0 Å². The van der Waals surface area contributed by atoms with Gasteiger partial charge in [0.2, 0.25) is 11.8 Å². The lowest BCUT2D eigenvalue weighted by Crippen LogP contribution is -2.44. The van der Waals surface area contributed by atoms with Gasteiger partial charge in [0.25, 0.3) is 0 Å². The Bertz CT molecular complexity index is 266. The van der Waals surface area contributed by atoms with Gasteiger partial charge >= 0.3 is 5.97 Å². The zero-order chi connectivity index (χ0) is 12.6. The predicted octanol–water partition coefficient (Wildman–Crippen LogP) is -0.118. The fraction of sp³-hybridized carbons (Fsp3) is 0.700. The minimum atomic E-state index is -0.835. The smallest absolute Gasteiger partial charge is 0.303 e. The molecule has 0 fully saturated rings. The third kappa shape index (κ3) is 7.78. The Hall–Kier alpha value is -1.59. The average Bonchev–Trinajstić information content (AvgIpc) is 2.15. The molecular weight excluding hydrogens is 212 g/mol. The summed E-state index contributed by atoms with van der Waals surface area (Å²) in [5.41, 5.74) is 0. The second-order valence-corrected chi connectivity index (χ2v) is 3.56. The van der Waals surface area contributed by atoms with E-state index in [-0.39, 0.29) is 18.2 Å². The van der Waals surface area contributed by atoms with Crippen LogP contribution in [0.15, 0.2) is 0 Å². The van der Waals surface area contributed by atoms with Crippen molar-refractivity contribution in [2.45, 2.75) is 39.2 Å². The summed E-state index contributed by atoms with van der Waals surface area (Å²) in [4.78, 5) is 32.2. The number of amides is 2. The topological polar surface area (TPSA) is 95.5 Å². The lowest BCUT2D eigenvalue weighted by molar-refractivity contribution is -0.137. The molecule has 0 aromatic carbocycles. The van der Waals surface area contributed by atoms with Gasteiger partial charge in [-0.05, 0) is 19.8 Å². The summed E-state index contributed by atoms with van der Waals surface area (Å²) in [6.07, 6.45) is 1.26. The van der Waals surface area contributed by atoms with Crippen LogP contribution in [0.4, 0.5) is 0 Å². The van der Waals surface area contributed by atoms with Gasteiger partial charge in [0.05, 0.1) is 0 Å². The van der Waals surface area contributed by atoms with Gasteiger partial charge in [-0.15, -0.1) is 0 Å². The Kier molecular flexibility index (Phi) is 6.91. The Labute approximate surface area is 94.4 Å². The molecule has 0 aliphatic rings. The van der Waals surface area contributed by atoms with Gasteiger partial charge in [-0.25, -0.2) is 0 Å². The van der Waals surface area contributed by atoms with E-state index in [1.54, 1.807) is 6.92 Å². The lowest BCUT2D eigenvalue weighted by Gasteiger charge is -2.12. The Morgan fingerprint density at radius 3 is 2.38 bits per heavy atom. The third-order valence-electron chi connectivity index (χ3n) is 1.93. The Morgan fingerprint density at radius 2 is 1.88 bits per heavy atom. The van der Waals surface area contributed by atoms with Gasteiger partial charge in [-0.2, -0.15) is 0 Å². The molecule has 0 aliphatic heterocycles. The normalized spacial score (nSPS) is 11.6. The van der Waals surface area contributed by atoms with Crippen LogP contribution in [0.3, 0.4) is 0 Å². The zero-order valence-electron chi connectivity index (χ0n) is 9.58. The molecule has 1 atom stereocenters. The van der Waals surface area contributed by atoms with Crippen LogP contribution in [0.2, 0.25) is 0 Å². The zero-order valence-corrected chi connectivity index (χ0v) is 9.58. The van der Waals surface area contributed by atoms with Gasteiger partial charge in [-0.3, -0.25) is 14.4 Å². The largest absolute Gasteiger partial charge is 0.481 e. The van der Waals surface area contributed by atoms with Crippen LogP contribution in [0, 0.1) is 0 Å². The summed E-state index contributed by atoms with van der Waals surface area (Å²) in [6, 6.07) is -0.558. The monoisotopic (exact) mass is 230 g/mol. The van der Waals surface area contributed by atoms with Crippen molar-refractivity contribution in [2.75, 3.05) is 6.54 Å². The number of hydrogen-bond acceptors (Lipinski definition) is 3. The van der Waals surface area contributed by atoms with Crippen LogP contribution in [0.5, 0.6) is 0 Å². The van der Waals surface area contributed by atoms with Crippen molar-refractivity contribution < 1.29 is 19.5 Å². The summed E-state index contributed by atoms with van der Waals surface area (Å²) in [5.74, 6) is -1.35. The summed E-state index contributed by atoms with van der Waals surface area (Å²) in [6.45, 7) is 3.36. The highest BCUT2D eigenvalue weighted by molar-refractivity contribution is 5.86. The molecule has 0 spiro atoms. The molecule has 2 amide bonds. The maximum atomic E-state index is 11.3. The molecule has 92 valence electrons. The molecule has 0 bridgehead atoms. The number of carbonyl (C=O) groups excluding carboxylic acids is 2. The van der Waals surface area contributed by atoms with E-state index in [9.17, 15) is 14.4 Å². The summed E-state index contributed by atoms with van der Waals surface area (Å²) in [5, 5.41) is 13.4. The first-order valence-electron chi connectivity index (χ1n) is 5.20. The van der Waals surface area contributed by atoms with E-state index in [0.29, 0.717) is 19.4 Å². The first-order chi connectivity index (χ1) is 7.43. The minimum Gasteiger partial charge on any atom is -0.481 e. The van der Waals surface area contributed by atoms with Crippen molar-refractivity contribution in [2.24, 2.45) is 0 Å². The lowest BCUT2D eigenvalue weighted by atomic mass is 10.2. The highest BCUT2D eigenvalue weighted by Crippen LogP contribution is 1.93. The van der Waals surface area contributed by atoms with Gasteiger partial charge in [0.1, 0.15) is 6.04 Å². The second kappa shape index (κ2) is 7.67. The average molecular weight is 230 g/mol. The van der Waals surface area contributed by atoms with E-state index in [4.69, 9.17) is 5.11 Å². The number of nitrogens with one attached hydrogen (secondary N) is 2. The summed E-state index contributed by atoms with van der Waals surface area (Å²) in [7, 11) is 0. The number of unbranched alkanes of at least 4 members (excludes halogenated alkanes) is 1. The molecule has 0 saturated heterocycles. The molecule has 0 saturated carbocycles. The number of aliphatic carboxylic acids is 1. The maximum Gasteiger partial charge on any atom is 0.303 e. The molecule has 0 aliphatic carbocycles. The third-order valence-corrected chi connectivity index (χ3v) is 1.93. The van der Waals surface area contributed by atoms with Crippen LogP contribution in [-0.4, -0.2) is 35.5 Å². The number of rotatable bonds is 7. The SMILES string of the molecule is CC(=O)NC(C)C(=O)NCCCCC(=O)O. The van der Waals surface area contributed by atoms with Crippen molar-refractivity contribution in [1.29, 1.82) is 0 Å². The number of carboxylic acids is 1. The van der Waals surface area contributed by atoms with Crippen molar-refractivity contribution in [3.05, 3.63) is 0 Å². The van der Waals surface area contributed by atoms with E-state index >= 15 is 0 Å². The molecule has 0 aromatic heterocycles. The molecule has 3 N–H and O–H groups in total. The van der Waals surface area contributed by atoms with Crippen LogP contribution in [-0.2, 0) is 14.4 Å². The molecule has 16 heavy (non-hydrogen) atoms. The molecule has 0 rings (SSSR count). The Balaban J connectivity index is 3.57. The van der Waals surface area contributed by atoms with Crippen LogP contribution in [0.25, 0.3) is 0 Å². The second-order valence-electron chi connectivity index (χ2n) is 3.56. The van der Waals surface area contributed by atoms with E-state index in [1.807, 2.05) is 0 Å². The fourth-order valence-corrected chi connectivity index (χ4v) is 1.14. The van der Waals surface area contributed by atoms with E-state index in [2.05, 4.69) is 10.6 Å². The van der Waals surface area contributed by atoms with Crippen LogP contribution < -0.4 is 10.6 Å². The molecule has 1 unspecified atom stereocenters. The van der Waals surface area contributed by atoms with Crippen molar-refractivity contribution in [3.63, 3.8) is 0 Å². The van der Waals surface area contributed by atoms with Crippen molar-refractivity contribution in [1.82, 2.24) is 10.6 Å². The summed E-state index contributed by atoms with van der Waals surface area (Å²) < 4.78 is 0. The Morgan fingerprint density at radius 1 is 1.25 bits per heavy atom. The maximum absolute atomic E-state index is 11.3. The van der Waals surface area contributed by atoms with Gasteiger partial charge in [0, 0.05) is 19.9 Å². The first-order valence-corrected chi connectivity index (χ1v) is 5.20. The van der Waals surface area contributed by atoms with Crippen molar-refractivity contribution in [3.8, 4) is 0 Å². The first kappa shape index (κ1) is 14.4. The molecule has 6 nitrogen and oxygen atoms in total. The highest BCUT2D eigenvalue weighted by atomic mass is 16.4. The number of carbonyl (C=O) groups is 3. The van der Waals surface area contributed by atoms with Crippen LogP contribution in [0.1, 0.15) is 33.1 Å². The van der Waals surface area contributed by atoms with Crippen molar-refractivity contribution >= 4 is 17.8 Å². The van der Waals surface area contributed by atoms with E-state index in [0.717, 1.165) is 0 Å². The van der Waals surface area contributed by atoms with Gasteiger partial charge < -0.3 is 15.7 Å². The summed E-state index contributed by atoms with van der Waals surface area (Å²) >= 11 is 0. The molecule has 6 heteroatoms. The molecular formula is C10H18N2O4. The molecule has 0 aromatic rings. The van der Waals surface area contributed by atoms with E-state index in [1.165, 1.54) is 6.92 Å². The number of carboxylic acid groups (broad SMARTS) is 1. The van der Waals surface area contributed by atoms with Crippen LogP contribution >= 0.6 is 0 Å². The van der Waals surface area contributed by atoms with Gasteiger partial charge in [0.15, 0.2) is 0 Å². The minimum absolute atomic E-state index is 0.108. The quantitative estimate of drug-likeness (QED) is 0.531. The number of hydrogen-bond donors (Lipinski definition) is 3. The standard InChI is InChI=1S/C10H18N2O4/c1-7(12-8(2)13)10(16)11-6-4-3-5-9(14)15/h7H,3-6H2,1-2H3,(H,11,16)(H,12,13)(H,14,15). The highest BCUT2D eigenvalue weighted by Gasteiger charge is 2.12. The molecule has 0 radical (unpaired) electrons. The molecule has 0 heterocycles. The fourth-order valence-electron chi connectivity index (χ4n) is 1.14. The predicted molar refractivity (Wildman–Crippen MR) is 57.8 cm³/mol. The van der Waals surface area contributed by atoms with E-state index < -0.39 is 12.0 Å².